The molecule has 2 fully saturated rings. The quantitative estimate of drug-likeness (QED) is 0.774. The highest BCUT2D eigenvalue weighted by Crippen LogP contribution is 2.34. The zero-order valence-corrected chi connectivity index (χ0v) is 13.5. The average molecular weight is 277 g/mol. The third kappa shape index (κ3) is 3.96. The fourth-order valence-electron chi connectivity index (χ4n) is 4.26. The van der Waals surface area contributed by atoms with E-state index in [0.29, 0.717) is 6.04 Å². The molecular weight excluding hydrogens is 246 g/mol. The standard InChI is InChI=1S/C17H31N3/c1-4-5-14-6-7-16(11-18)17(10-14)20(3)13-15-8-9-19(2)12-15/h14-17H,4-10,12-13H2,1-3H3. The van der Waals surface area contributed by atoms with E-state index >= 15 is 0 Å². The van der Waals surface area contributed by atoms with Gasteiger partial charge in [-0.2, -0.15) is 5.26 Å². The zero-order valence-electron chi connectivity index (χ0n) is 13.5. The van der Waals surface area contributed by atoms with Crippen LogP contribution in [0.4, 0.5) is 0 Å². The van der Waals surface area contributed by atoms with E-state index < -0.39 is 0 Å². The molecule has 0 N–H and O–H groups in total. The van der Waals surface area contributed by atoms with Crippen LogP contribution in [-0.2, 0) is 0 Å². The Labute approximate surface area is 124 Å². The molecule has 1 aliphatic heterocycles. The van der Waals surface area contributed by atoms with Crippen LogP contribution in [0.25, 0.3) is 0 Å². The fraction of sp³-hybridized carbons (Fsp3) is 0.941. The molecule has 3 heteroatoms. The van der Waals surface area contributed by atoms with E-state index in [4.69, 9.17) is 0 Å². The Morgan fingerprint density at radius 3 is 2.65 bits per heavy atom. The van der Waals surface area contributed by atoms with E-state index in [9.17, 15) is 5.26 Å². The van der Waals surface area contributed by atoms with Crippen molar-refractivity contribution in [3.8, 4) is 6.07 Å². The Bertz CT molecular complexity index is 336. The minimum Gasteiger partial charge on any atom is -0.306 e. The van der Waals surface area contributed by atoms with Gasteiger partial charge in [0.15, 0.2) is 0 Å². The van der Waals surface area contributed by atoms with Crippen LogP contribution in [0.3, 0.4) is 0 Å². The van der Waals surface area contributed by atoms with Gasteiger partial charge in [-0.1, -0.05) is 19.8 Å². The second kappa shape index (κ2) is 7.43. The third-order valence-corrected chi connectivity index (χ3v) is 5.39. The summed E-state index contributed by atoms with van der Waals surface area (Å²) < 4.78 is 0. The van der Waals surface area contributed by atoms with Crippen molar-refractivity contribution in [3.05, 3.63) is 0 Å². The van der Waals surface area contributed by atoms with Crippen LogP contribution in [0.5, 0.6) is 0 Å². The van der Waals surface area contributed by atoms with E-state index in [0.717, 1.165) is 18.3 Å². The molecule has 0 aromatic heterocycles. The Balaban J connectivity index is 1.90. The number of hydrogen-bond acceptors (Lipinski definition) is 3. The maximum atomic E-state index is 9.44. The van der Waals surface area contributed by atoms with Crippen LogP contribution >= 0.6 is 0 Å². The summed E-state index contributed by atoms with van der Waals surface area (Å²) in [4.78, 5) is 4.95. The van der Waals surface area contributed by atoms with Crippen LogP contribution in [0.1, 0.15) is 45.4 Å². The second-order valence-corrected chi connectivity index (χ2v) is 7.13. The molecule has 3 nitrogen and oxygen atoms in total. The zero-order chi connectivity index (χ0) is 14.5. The largest absolute Gasteiger partial charge is 0.306 e. The molecule has 1 saturated carbocycles. The second-order valence-electron chi connectivity index (χ2n) is 7.13. The molecule has 0 amide bonds. The molecule has 20 heavy (non-hydrogen) atoms. The van der Waals surface area contributed by atoms with Crippen LogP contribution in [-0.4, -0.2) is 49.6 Å². The Morgan fingerprint density at radius 1 is 1.25 bits per heavy atom. The van der Waals surface area contributed by atoms with Gasteiger partial charge >= 0.3 is 0 Å². The topological polar surface area (TPSA) is 30.3 Å². The van der Waals surface area contributed by atoms with Crippen molar-refractivity contribution >= 4 is 0 Å². The third-order valence-electron chi connectivity index (χ3n) is 5.39. The van der Waals surface area contributed by atoms with Gasteiger partial charge in [0, 0.05) is 19.1 Å². The highest BCUT2D eigenvalue weighted by atomic mass is 15.2. The lowest BCUT2D eigenvalue weighted by atomic mass is 9.76. The summed E-state index contributed by atoms with van der Waals surface area (Å²) in [6.45, 7) is 5.92. The van der Waals surface area contributed by atoms with E-state index in [-0.39, 0.29) is 5.92 Å². The van der Waals surface area contributed by atoms with Gasteiger partial charge in [-0.25, -0.2) is 0 Å². The van der Waals surface area contributed by atoms with Gasteiger partial charge in [-0.15, -0.1) is 0 Å². The van der Waals surface area contributed by atoms with Gasteiger partial charge in [0.1, 0.15) is 0 Å². The number of likely N-dealkylation sites (tertiary alicyclic amines) is 1. The van der Waals surface area contributed by atoms with Crippen molar-refractivity contribution in [2.75, 3.05) is 33.7 Å². The van der Waals surface area contributed by atoms with Crippen molar-refractivity contribution in [1.82, 2.24) is 9.80 Å². The highest BCUT2D eigenvalue weighted by Gasteiger charge is 2.34. The van der Waals surface area contributed by atoms with Crippen LogP contribution < -0.4 is 0 Å². The first kappa shape index (κ1) is 15.8. The SMILES string of the molecule is CCCC1CCC(C#N)C(N(C)CC2CCN(C)C2)C1. The Morgan fingerprint density at radius 2 is 2.05 bits per heavy atom. The summed E-state index contributed by atoms with van der Waals surface area (Å²) in [5.74, 6) is 1.91. The van der Waals surface area contributed by atoms with E-state index in [1.807, 2.05) is 0 Å². The summed E-state index contributed by atoms with van der Waals surface area (Å²) >= 11 is 0. The van der Waals surface area contributed by atoms with Gasteiger partial charge < -0.3 is 9.80 Å². The maximum Gasteiger partial charge on any atom is 0.0672 e. The van der Waals surface area contributed by atoms with E-state index in [1.54, 1.807) is 0 Å². The fourth-order valence-corrected chi connectivity index (χ4v) is 4.26. The lowest BCUT2D eigenvalue weighted by Crippen LogP contribution is -2.44. The predicted octanol–water partition coefficient (Wildman–Crippen LogP) is 2.98. The van der Waals surface area contributed by atoms with Crippen LogP contribution in [0.2, 0.25) is 0 Å². The van der Waals surface area contributed by atoms with E-state index in [1.165, 1.54) is 51.7 Å². The van der Waals surface area contributed by atoms with Gasteiger partial charge in [-0.05, 0) is 58.2 Å². The monoisotopic (exact) mass is 277 g/mol. The van der Waals surface area contributed by atoms with E-state index in [2.05, 4.69) is 36.9 Å². The lowest BCUT2D eigenvalue weighted by molar-refractivity contribution is 0.107. The van der Waals surface area contributed by atoms with Gasteiger partial charge in [0.05, 0.1) is 12.0 Å². The van der Waals surface area contributed by atoms with Crippen molar-refractivity contribution in [2.45, 2.75) is 51.5 Å². The molecule has 114 valence electrons. The number of hydrogen-bond donors (Lipinski definition) is 0. The number of nitrogens with zero attached hydrogens (tertiary/aromatic N) is 3. The van der Waals surface area contributed by atoms with Crippen LogP contribution in [0, 0.1) is 29.1 Å². The molecule has 0 spiro atoms. The highest BCUT2D eigenvalue weighted by molar-refractivity contribution is 4.97. The van der Waals surface area contributed by atoms with Gasteiger partial charge in [0.25, 0.3) is 0 Å². The number of rotatable bonds is 5. The molecule has 4 unspecified atom stereocenters. The summed E-state index contributed by atoms with van der Waals surface area (Å²) in [5, 5.41) is 9.44. The van der Waals surface area contributed by atoms with Crippen molar-refractivity contribution in [2.24, 2.45) is 17.8 Å². The van der Waals surface area contributed by atoms with Gasteiger partial charge in [-0.3, -0.25) is 0 Å². The molecular formula is C17H31N3. The first-order valence-corrected chi connectivity index (χ1v) is 8.42. The van der Waals surface area contributed by atoms with Crippen molar-refractivity contribution in [3.63, 3.8) is 0 Å². The first-order chi connectivity index (χ1) is 9.63. The normalized spacial score (nSPS) is 35.4. The molecule has 0 aromatic rings. The first-order valence-electron chi connectivity index (χ1n) is 8.42. The summed E-state index contributed by atoms with van der Waals surface area (Å²) in [5.41, 5.74) is 0. The van der Waals surface area contributed by atoms with Crippen molar-refractivity contribution < 1.29 is 0 Å². The predicted molar refractivity (Wildman–Crippen MR) is 83.4 cm³/mol. The molecule has 0 radical (unpaired) electrons. The number of nitriles is 1. The molecule has 1 heterocycles. The minimum atomic E-state index is 0.257. The minimum absolute atomic E-state index is 0.257. The molecule has 0 aromatic carbocycles. The lowest BCUT2D eigenvalue weighted by Gasteiger charge is -2.39. The van der Waals surface area contributed by atoms with Crippen molar-refractivity contribution in [1.29, 1.82) is 5.26 Å². The molecule has 1 saturated heterocycles. The summed E-state index contributed by atoms with van der Waals surface area (Å²) in [7, 11) is 4.47. The Kier molecular flexibility index (Phi) is 5.86. The molecule has 2 rings (SSSR count). The summed E-state index contributed by atoms with van der Waals surface area (Å²) in [6, 6.07) is 3.08. The van der Waals surface area contributed by atoms with Gasteiger partial charge in [0.2, 0.25) is 0 Å². The molecule has 2 aliphatic rings. The molecule has 1 aliphatic carbocycles. The molecule has 0 bridgehead atoms. The average Bonchev–Trinajstić information content (AvgIpc) is 2.84. The van der Waals surface area contributed by atoms with Crippen LogP contribution in [0.15, 0.2) is 0 Å². The molecule has 4 atom stereocenters. The smallest absolute Gasteiger partial charge is 0.0672 e. The maximum absolute atomic E-state index is 9.44. The summed E-state index contributed by atoms with van der Waals surface area (Å²) in [6.07, 6.45) is 7.57. The Hall–Kier alpha value is -0.590.